The molecule has 2 heterocycles. The molecular weight excluding hydrogens is 408 g/mol. The lowest BCUT2D eigenvalue weighted by atomic mass is 10.0. The van der Waals surface area contributed by atoms with Crippen LogP contribution in [0.2, 0.25) is 0 Å². The molecule has 0 saturated carbocycles. The number of aromatic nitrogens is 1. The average molecular weight is 428 g/mol. The molecule has 0 unspecified atom stereocenters. The summed E-state index contributed by atoms with van der Waals surface area (Å²) in [4.78, 5) is 15.3. The molecule has 30 heavy (non-hydrogen) atoms. The van der Waals surface area contributed by atoms with Crippen LogP contribution in [0.15, 0.2) is 47.4 Å². The van der Waals surface area contributed by atoms with Gasteiger partial charge in [0.25, 0.3) is 0 Å². The molecule has 0 fully saturated rings. The molecule has 0 atom stereocenters. The molecule has 156 valence electrons. The van der Waals surface area contributed by atoms with Gasteiger partial charge in [0.2, 0.25) is 16.8 Å². The summed E-state index contributed by atoms with van der Waals surface area (Å²) < 4.78 is 38.0. The van der Waals surface area contributed by atoms with Crippen LogP contribution in [0.3, 0.4) is 0 Å². The van der Waals surface area contributed by atoms with E-state index in [9.17, 15) is 13.2 Å². The number of aliphatic carboxylic acids is 1. The first kappa shape index (κ1) is 20.1. The molecule has 2 N–H and O–H groups in total. The van der Waals surface area contributed by atoms with E-state index >= 15 is 0 Å². The number of nitrogens with one attached hydrogen (secondary N) is 1. The van der Waals surface area contributed by atoms with Crippen molar-refractivity contribution >= 4 is 26.9 Å². The average Bonchev–Trinajstić information content (AvgIpc) is 3.17. The predicted octanol–water partition coefficient (Wildman–Crippen LogP) is 3.08. The number of nitrogens with zero attached hydrogens (tertiary/aromatic N) is 1. The highest BCUT2D eigenvalue weighted by atomic mass is 32.2. The minimum atomic E-state index is -3.70. The summed E-state index contributed by atoms with van der Waals surface area (Å²) in [6.07, 6.45) is 0.139. The lowest BCUT2D eigenvalue weighted by molar-refractivity contribution is -0.137. The Labute approximate surface area is 173 Å². The van der Waals surface area contributed by atoms with E-state index in [1.54, 1.807) is 12.1 Å². The molecule has 0 aliphatic carbocycles. The van der Waals surface area contributed by atoms with Crippen LogP contribution in [0.5, 0.6) is 11.5 Å². The summed E-state index contributed by atoms with van der Waals surface area (Å²) in [6.45, 7) is 2.24. The Morgan fingerprint density at radius 1 is 1.13 bits per heavy atom. The zero-order valence-corrected chi connectivity index (χ0v) is 17.0. The highest BCUT2D eigenvalue weighted by Crippen LogP contribution is 2.37. The van der Waals surface area contributed by atoms with E-state index in [1.807, 2.05) is 25.1 Å². The third-order valence-corrected chi connectivity index (χ3v) is 6.31. The number of carboxylic acids is 1. The van der Waals surface area contributed by atoms with Crippen LogP contribution < -0.4 is 14.2 Å². The molecule has 4 rings (SSSR count). The molecule has 0 bridgehead atoms. The maximum Gasteiger partial charge on any atom is 0.303 e. The van der Waals surface area contributed by atoms with E-state index in [-0.39, 0.29) is 31.1 Å². The number of hydrogen-bond acceptors (Lipinski definition) is 6. The largest absolute Gasteiger partial charge is 0.481 e. The smallest absolute Gasteiger partial charge is 0.303 e. The monoisotopic (exact) mass is 428 g/mol. The Morgan fingerprint density at radius 2 is 1.83 bits per heavy atom. The van der Waals surface area contributed by atoms with Crippen LogP contribution in [0.25, 0.3) is 22.2 Å². The number of fused-ring (bicyclic) bond motifs is 2. The second kappa shape index (κ2) is 7.92. The van der Waals surface area contributed by atoms with Crippen LogP contribution in [-0.2, 0) is 14.8 Å². The van der Waals surface area contributed by atoms with E-state index in [0.29, 0.717) is 11.5 Å². The van der Waals surface area contributed by atoms with Gasteiger partial charge in [0.05, 0.1) is 16.1 Å². The SMILES string of the molecule is Cc1cc(-c2ccc(S(=O)(=O)NCCCC(=O)O)cc2)nc2cc3c(cc12)OCO3. The zero-order chi connectivity index (χ0) is 21.3. The Morgan fingerprint density at radius 3 is 2.53 bits per heavy atom. The third-order valence-electron chi connectivity index (χ3n) is 4.83. The molecule has 1 aliphatic rings. The van der Waals surface area contributed by atoms with Gasteiger partial charge in [-0.3, -0.25) is 4.79 Å². The number of carboxylic acid groups (broad SMARTS) is 1. The van der Waals surface area contributed by atoms with Gasteiger partial charge in [-0.05, 0) is 43.2 Å². The highest BCUT2D eigenvalue weighted by Gasteiger charge is 2.17. The first-order valence-corrected chi connectivity index (χ1v) is 10.8. The van der Waals surface area contributed by atoms with Gasteiger partial charge >= 0.3 is 5.97 Å². The Balaban J connectivity index is 1.57. The van der Waals surface area contributed by atoms with Gasteiger partial charge in [0.15, 0.2) is 11.5 Å². The first-order valence-electron chi connectivity index (χ1n) is 9.36. The number of carbonyl (C=O) groups is 1. The lowest BCUT2D eigenvalue weighted by Crippen LogP contribution is -2.25. The Hall–Kier alpha value is -3.17. The van der Waals surface area contributed by atoms with E-state index in [1.165, 1.54) is 12.1 Å². The van der Waals surface area contributed by atoms with Gasteiger partial charge in [0, 0.05) is 30.0 Å². The summed E-state index contributed by atoms with van der Waals surface area (Å²) in [5, 5.41) is 9.60. The van der Waals surface area contributed by atoms with Gasteiger partial charge in [0.1, 0.15) is 0 Å². The quantitative estimate of drug-likeness (QED) is 0.556. The fourth-order valence-electron chi connectivity index (χ4n) is 3.27. The van der Waals surface area contributed by atoms with Crippen LogP contribution in [0.4, 0.5) is 0 Å². The second-order valence-electron chi connectivity index (χ2n) is 6.97. The molecule has 3 aromatic rings. The van der Waals surface area contributed by atoms with Crippen molar-refractivity contribution in [3.63, 3.8) is 0 Å². The zero-order valence-electron chi connectivity index (χ0n) is 16.2. The minimum Gasteiger partial charge on any atom is -0.481 e. The summed E-state index contributed by atoms with van der Waals surface area (Å²) in [7, 11) is -3.70. The maximum atomic E-state index is 12.4. The Kier molecular flexibility index (Phi) is 5.31. The van der Waals surface area contributed by atoms with Crippen LogP contribution in [-0.4, -0.2) is 37.8 Å². The normalized spacial score (nSPS) is 13.0. The molecule has 0 amide bonds. The van der Waals surface area contributed by atoms with Crippen molar-refractivity contribution in [2.45, 2.75) is 24.7 Å². The predicted molar refractivity (Wildman–Crippen MR) is 110 cm³/mol. The molecular formula is C21H20N2O6S. The number of benzene rings is 2. The van der Waals surface area contributed by atoms with Crippen molar-refractivity contribution in [1.29, 1.82) is 0 Å². The fraction of sp³-hybridized carbons (Fsp3) is 0.238. The van der Waals surface area contributed by atoms with Gasteiger partial charge in [-0.2, -0.15) is 0 Å². The molecule has 0 spiro atoms. The minimum absolute atomic E-state index is 0.0674. The van der Waals surface area contributed by atoms with Gasteiger partial charge in [-0.25, -0.2) is 18.1 Å². The number of sulfonamides is 1. The van der Waals surface area contributed by atoms with Gasteiger partial charge in [-0.1, -0.05) is 12.1 Å². The number of ether oxygens (including phenoxy) is 2. The van der Waals surface area contributed by atoms with Crippen molar-refractivity contribution in [2.75, 3.05) is 13.3 Å². The molecule has 0 radical (unpaired) electrons. The maximum absolute atomic E-state index is 12.4. The molecule has 2 aromatic carbocycles. The van der Waals surface area contributed by atoms with Gasteiger partial charge in [-0.15, -0.1) is 0 Å². The molecule has 1 aromatic heterocycles. The van der Waals surface area contributed by atoms with Crippen LogP contribution in [0.1, 0.15) is 18.4 Å². The van der Waals surface area contributed by atoms with Crippen molar-refractivity contribution < 1.29 is 27.8 Å². The first-order chi connectivity index (χ1) is 14.3. The second-order valence-corrected chi connectivity index (χ2v) is 8.73. The van der Waals surface area contributed by atoms with E-state index < -0.39 is 16.0 Å². The molecule has 9 heteroatoms. The third kappa shape index (κ3) is 4.07. The van der Waals surface area contributed by atoms with E-state index in [2.05, 4.69) is 4.72 Å². The van der Waals surface area contributed by atoms with Crippen molar-refractivity contribution in [3.05, 3.63) is 48.0 Å². The molecule has 0 saturated heterocycles. The molecule has 8 nitrogen and oxygen atoms in total. The van der Waals surface area contributed by atoms with Crippen molar-refractivity contribution in [1.82, 2.24) is 9.71 Å². The van der Waals surface area contributed by atoms with Crippen LogP contribution >= 0.6 is 0 Å². The highest BCUT2D eigenvalue weighted by molar-refractivity contribution is 7.89. The number of pyridine rings is 1. The van der Waals surface area contributed by atoms with Crippen molar-refractivity contribution in [3.8, 4) is 22.8 Å². The topological polar surface area (TPSA) is 115 Å². The van der Waals surface area contributed by atoms with Crippen LogP contribution in [0, 0.1) is 6.92 Å². The summed E-state index contributed by atoms with van der Waals surface area (Å²) in [6, 6.07) is 12.1. The fourth-order valence-corrected chi connectivity index (χ4v) is 4.34. The standard InChI is InChI=1S/C21H20N2O6S/c1-13-9-17(23-18-11-20-19(10-16(13)18)28-12-29-20)14-4-6-15(7-5-14)30(26,27)22-8-2-3-21(24)25/h4-7,9-11,22H,2-3,8,12H2,1H3,(H,24,25). The lowest BCUT2D eigenvalue weighted by Gasteiger charge is -2.10. The number of aryl methyl sites for hydroxylation is 1. The van der Waals surface area contributed by atoms with Crippen molar-refractivity contribution in [2.24, 2.45) is 0 Å². The van der Waals surface area contributed by atoms with E-state index in [4.69, 9.17) is 19.6 Å². The van der Waals surface area contributed by atoms with E-state index in [0.717, 1.165) is 27.7 Å². The molecule has 1 aliphatic heterocycles. The summed E-state index contributed by atoms with van der Waals surface area (Å²) in [5.74, 6) is 0.397. The number of rotatable bonds is 7. The number of hydrogen-bond donors (Lipinski definition) is 2. The van der Waals surface area contributed by atoms with Gasteiger partial charge < -0.3 is 14.6 Å². The summed E-state index contributed by atoms with van der Waals surface area (Å²) in [5.41, 5.74) is 3.29. The Bertz CT molecular complexity index is 1220. The summed E-state index contributed by atoms with van der Waals surface area (Å²) >= 11 is 0.